The van der Waals surface area contributed by atoms with Crippen molar-refractivity contribution in [3.63, 3.8) is 0 Å². The lowest BCUT2D eigenvalue weighted by molar-refractivity contribution is -0.140. The molecule has 38 heavy (non-hydrogen) atoms. The lowest BCUT2D eigenvalue weighted by Crippen LogP contribution is -2.53. The van der Waals surface area contributed by atoms with Crippen LogP contribution < -0.4 is 9.62 Å². The summed E-state index contributed by atoms with van der Waals surface area (Å²) >= 11 is 3.47. The number of hydrogen-bond acceptors (Lipinski definition) is 4. The molecular weight excluding hydrogens is 566 g/mol. The number of aryl methyl sites for hydroxylation is 2. The van der Waals surface area contributed by atoms with Gasteiger partial charge < -0.3 is 10.2 Å². The normalized spacial score (nSPS) is 12.0. The maximum absolute atomic E-state index is 14.0. The van der Waals surface area contributed by atoms with Crippen LogP contribution in [0, 0.1) is 13.8 Å². The van der Waals surface area contributed by atoms with Crippen LogP contribution in [-0.2, 0) is 32.6 Å². The zero-order valence-electron chi connectivity index (χ0n) is 22.1. The summed E-state index contributed by atoms with van der Waals surface area (Å²) in [6.45, 7) is 5.67. The summed E-state index contributed by atoms with van der Waals surface area (Å²) in [4.78, 5) is 28.8. The molecule has 0 heterocycles. The third-order valence-corrected chi connectivity index (χ3v) is 7.78. The van der Waals surface area contributed by atoms with Crippen LogP contribution in [-0.4, -0.2) is 50.5 Å². The summed E-state index contributed by atoms with van der Waals surface area (Å²) in [5.74, 6) is -0.764. The first-order valence-electron chi connectivity index (χ1n) is 12.4. The van der Waals surface area contributed by atoms with Gasteiger partial charge in [-0.2, -0.15) is 0 Å². The largest absolute Gasteiger partial charge is 0.355 e. The van der Waals surface area contributed by atoms with Crippen molar-refractivity contribution in [1.82, 2.24) is 10.2 Å². The molecule has 3 rings (SSSR count). The number of carbonyl (C=O) groups excluding carboxylic acids is 2. The number of benzene rings is 3. The fourth-order valence-electron chi connectivity index (χ4n) is 4.36. The molecule has 3 aromatic carbocycles. The van der Waals surface area contributed by atoms with Gasteiger partial charge in [-0.15, -0.1) is 0 Å². The molecule has 9 heteroatoms. The van der Waals surface area contributed by atoms with Crippen molar-refractivity contribution in [2.45, 2.75) is 39.8 Å². The molecule has 0 bridgehead atoms. The van der Waals surface area contributed by atoms with Gasteiger partial charge in [0, 0.05) is 24.0 Å². The number of rotatable bonds is 11. The number of likely N-dealkylation sites (N-methyl/N-ethyl adjacent to an activating group) is 1. The van der Waals surface area contributed by atoms with Gasteiger partial charge in [0.05, 0.1) is 11.9 Å². The van der Waals surface area contributed by atoms with Gasteiger partial charge in [0.15, 0.2) is 0 Å². The molecule has 0 spiro atoms. The molecule has 0 aliphatic rings. The molecule has 3 aromatic rings. The number of hydrogen-bond donors (Lipinski definition) is 1. The van der Waals surface area contributed by atoms with Crippen LogP contribution in [0.25, 0.3) is 0 Å². The zero-order chi connectivity index (χ0) is 27.9. The van der Waals surface area contributed by atoms with Crippen molar-refractivity contribution >= 4 is 43.5 Å². The Bertz CT molecular complexity index is 1380. The first-order chi connectivity index (χ1) is 18.0. The van der Waals surface area contributed by atoms with Gasteiger partial charge in [0.1, 0.15) is 12.6 Å². The summed E-state index contributed by atoms with van der Waals surface area (Å²) in [6.07, 6.45) is 1.37. The fourth-order valence-corrected chi connectivity index (χ4v) is 5.71. The number of nitrogens with zero attached hydrogens (tertiary/aromatic N) is 2. The molecule has 2 amide bonds. The van der Waals surface area contributed by atoms with Crippen molar-refractivity contribution in [2.75, 3.05) is 23.7 Å². The Labute approximate surface area is 234 Å². The van der Waals surface area contributed by atoms with Gasteiger partial charge in [0.25, 0.3) is 0 Å². The van der Waals surface area contributed by atoms with E-state index in [1.807, 2.05) is 87.5 Å². The van der Waals surface area contributed by atoms with E-state index in [0.29, 0.717) is 12.2 Å². The third kappa shape index (κ3) is 7.91. The highest BCUT2D eigenvalue weighted by Gasteiger charge is 2.33. The molecule has 202 valence electrons. The van der Waals surface area contributed by atoms with Gasteiger partial charge >= 0.3 is 0 Å². The minimum absolute atomic E-state index is 0.136. The Morgan fingerprint density at radius 3 is 2.24 bits per heavy atom. The summed E-state index contributed by atoms with van der Waals surface area (Å²) in [5.41, 5.74) is 3.87. The van der Waals surface area contributed by atoms with E-state index in [-0.39, 0.29) is 18.9 Å². The van der Waals surface area contributed by atoms with Crippen molar-refractivity contribution in [1.29, 1.82) is 0 Å². The average molecular weight is 601 g/mol. The Balaban J connectivity index is 2.06. The van der Waals surface area contributed by atoms with E-state index in [4.69, 9.17) is 0 Å². The van der Waals surface area contributed by atoms with E-state index in [1.165, 1.54) is 4.90 Å². The minimum Gasteiger partial charge on any atom is -0.355 e. The highest BCUT2D eigenvalue weighted by atomic mass is 79.9. The van der Waals surface area contributed by atoms with Crippen molar-refractivity contribution < 1.29 is 18.0 Å². The Morgan fingerprint density at radius 1 is 0.947 bits per heavy atom. The van der Waals surface area contributed by atoms with E-state index >= 15 is 0 Å². The van der Waals surface area contributed by atoms with E-state index in [0.717, 1.165) is 37.3 Å². The average Bonchev–Trinajstić information content (AvgIpc) is 2.85. The molecule has 0 aliphatic carbocycles. The molecule has 0 fully saturated rings. The van der Waals surface area contributed by atoms with Gasteiger partial charge in [0.2, 0.25) is 21.8 Å². The molecular formula is C29H34BrN3O4S. The van der Waals surface area contributed by atoms with E-state index in [9.17, 15) is 18.0 Å². The summed E-state index contributed by atoms with van der Waals surface area (Å²) in [7, 11) is -3.80. The lowest BCUT2D eigenvalue weighted by atomic mass is 10.0. The molecule has 0 aliphatic heterocycles. The van der Waals surface area contributed by atoms with Crippen LogP contribution in [0.2, 0.25) is 0 Å². The highest BCUT2D eigenvalue weighted by Crippen LogP contribution is 2.25. The topological polar surface area (TPSA) is 86.8 Å². The van der Waals surface area contributed by atoms with Crippen LogP contribution in [0.1, 0.15) is 29.2 Å². The number of carbonyl (C=O) groups is 2. The van der Waals surface area contributed by atoms with E-state index in [2.05, 4.69) is 21.2 Å². The first kappa shape index (κ1) is 29.4. The Morgan fingerprint density at radius 2 is 1.63 bits per heavy atom. The molecule has 0 aromatic heterocycles. The lowest BCUT2D eigenvalue weighted by Gasteiger charge is -2.33. The molecule has 1 N–H and O–H groups in total. The van der Waals surface area contributed by atoms with Crippen LogP contribution >= 0.6 is 15.9 Å². The maximum atomic E-state index is 14.0. The summed E-state index contributed by atoms with van der Waals surface area (Å²) in [5, 5.41) is 2.86. The second-order valence-corrected chi connectivity index (χ2v) is 12.1. The standard InChI is InChI=1S/C29H34BrN3O4S/c1-5-31-29(35)27(18-23-10-7-6-8-11-23)32(19-24-12-9-13-25(30)17-24)28(34)20-33(38(4,36)37)26-15-14-21(2)16-22(26)3/h6-17,27H,5,18-20H2,1-4H3,(H,31,35)/t27-/m0/s1. The number of sulfonamides is 1. The van der Waals surface area contributed by atoms with Gasteiger partial charge in [-0.25, -0.2) is 8.42 Å². The maximum Gasteiger partial charge on any atom is 0.244 e. The van der Waals surface area contributed by atoms with E-state index < -0.39 is 28.5 Å². The predicted octanol–water partition coefficient (Wildman–Crippen LogP) is 4.61. The van der Waals surface area contributed by atoms with Crippen LogP contribution in [0.3, 0.4) is 0 Å². The zero-order valence-corrected chi connectivity index (χ0v) is 24.6. The number of halogens is 1. The Hall–Kier alpha value is -3.17. The smallest absolute Gasteiger partial charge is 0.244 e. The first-order valence-corrected chi connectivity index (χ1v) is 15.0. The fraction of sp³-hybridized carbons (Fsp3) is 0.310. The minimum atomic E-state index is -3.80. The molecule has 7 nitrogen and oxygen atoms in total. The molecule has 1 atom stereocenters. The van der Waals surface area contributed by atoms with Gasteiger partial charge in [-0.3, -0.25) is 13.9 Å². The number of anilines is 1. The highest BCUT2D eigenvalue weighted by molar-refractivity contribution is 9.10. The quantitative estimate of drug-likeness (QED) is 0.349. The molecule has 0 saturated carbocycles. The molecule has 0 radical (unpaired) electrons. The number of amides is 2. The summed E-state index contributed by atoms with van der Waals surface area (Å²) in [6, 6.07) is 21.5. The predicted molar refractivity (Wildman–Crippen MR) is 155 cm³/mol. The SMILES string of the molecule is CCNC(=O)[C@H](Cc1ccccc1)N(Cc1cccc(Br)c1)C(=O)CN(c1ccc(C)cc1C)S(C)(=O)=O. The van der Waals surface area contributed by atoms with Crippen molar-refractivity contribution in [3.05, 3.63) is 99.5 Å². The summed E-state index contributed by atoms with van der Waals surface area (Å²) < 4.78 is 27.8. The second-order valence-electron chi connectivity index (χ2n) is 9.31. The van der Waals surface area contributed by atoms with Crippen molar-refractivity contribution in [2.24, 2.45) is 0 Å². The Kier molecular flexibility index (Phi) is 10.1. The molecule has 0 saturated heterocycles. The van der Waals surface area contributed by atoms with Gasteiger partial charge in [-0.1, -0.05) is 76.1 Å². The van der Waals surface area contributed by atoms with Crippen LogP contribution in [0.5, 0.6) is 0 Å². The molecule has 0 unspecified atom stereocenters. The van der Waals surface area contributed by atoms with Crippen LogP contribution in [0.4, 0.5) is 5.69 Å². The third-order valence-electron chi connectivity index (χ3n) is 6.16. The van der Waals surface area contributed by atoms with E-state index in [1.54, 1.807) is 6.07 Å². The van der Waals surface area contributed by atoms with Crippen LogP contribution in [0.15, 0.2) is 77.3 Å². The second kappa shape index (κ2) is 13.1. The van der Waals surface area contributed by atoms with Gasteiger partial charge in [-0.05, 0) is 55.7 Å². The van der Waals surface area contributed by atoms with Crippen molar-refractivity contribution in [3.8, 4) is 0 Å². The number of nitrogens with one attached hydrogen (secondary N) is 1. The monoisotopic (exact) mass is 599 g/mol.